The first kappa shape index (κ1) is 13.0. The summed E-state index contributed by atoms with van der Waals surface area (Å²) in [7, 11) is 0. The van der Waals surface area contributed by atoms with Crippen LogP contribution in [0.3, 0.4) is 0 Å². The highest BCUT2D eigenvalue weighted by molar-refractivity contribution is 5.81. The zero-order valence-electron chi connectivity index (χ0n) is 10.0. The predicted octanol–water partition coefficient (Wildman–Crippen LogP) is 1.38. The van der Waals surface area contributed by atoms with E-state index in [2.05, 4.69) is 10.6 Å². The van der Waals surface area contributed by atoms with Crippen molar-refractivity contribution in [2.75, 3.05) is 13.1 Å². The molecule has 0 aliphatic carbocycles. The summed E-state index contributed by atoms with van der Waals surface area (Å²) in [4.78, 5) is 11.6. The number of amides is 1. The van der Waals surface area contributed by atoms with Crippen molar-refractivity contribution in [3.05, 3.63) is 35.4 Å². The van der Waals surface area contributed by atoms with Gasteiger partial charge in [0.15, 0.2) is 0 Å². The molecule has 1 aromatic rings. The Balaban J connectivity index is 1.79. The van der Waals surface area contributed by atoms with Crippen molar-refractivity contribution < 1.29 is 13.6 Å². The zero-order chi connectivity index (χ0) is 13.0. The van der Waals surface area contributed by atoms with Crippen LogP contribution in [-0.2, 0) is 11.2 Å². The standard InChI is InChI=1S/C13H16F2N2O/c14-10-6-9(7-11(15)8-10)3-5-17-13(18)12-2-1-4-16-12/h6-8,12,16H,1-5H2,(H,17,18)/t12-/m0/s1. The molecule has 1 saturated heterocycles. The van der Waals surface area contributed by atoms with Crippen LogP contribution in [0.2, 0.25) is 0 Å². The second-order valence-electron chi connectivity index (χ2n) is 4.47. The van der Waals surface area contributed by atoms with Gasteiger partial charge in [-0.15, -0.1) is 0 Å². The van der Waals surface area contributed by atoms with E-state index in [9.17, 15) is 13.6 Å². The van der Waals surface area contributed by atoms with E-state index < -0.39 is 11.6 Å². The number of carbonyl (C=O) groups is 1. The molecule has 1 atom stereocenters. The average Bonchev–Trinajstić information content (AvgIpc) is 2.80. The molecule has 1 aliphatic heterocycles. The Morgan fingerprint density at radius 2 is 2.06 bits per heavy atom. The number of hydrogen-bond donors (Lipinski definition) is 2. The summed E-state index contributed by atoms with van der Waals surface area (Å²) in [5.41, 5.74) is 0.548. The van der Waals surface area contributed by atoms with Gasteiger partial charge >= 0.3 is 0 Å². The molecule has 18 heavy (non-hydrogen) atoms. The van der Waals surface area contributed by atoms with E-state index in [1.165, 1.54) is 12.1 Å². The fourth-order valence-electron chi connectivity index (χ4n) is 2.12. The first-order valence-electron chi connectivity index (χ1n) is 6.11. The Morgan fingerprint density at radius 3 is 2.67 bits per heavy atom. The van der Waals surface area contributed by atoms with Crippen molar-refractivity contribution >= 4 is 5.91 Å². The average molecular weight is 254 g/mol. The van der Waals surface area contributed by atoms with Crippen LogP contribution in [-0.4, -0.2) is 25.0 Å². The number of rotatable bonds is 4. The van der Waals surface area contributed by atoms with Crippen LogP contribution >= 0.6 is 0 Å². The third-order valence-corrected chi connectivity index (χ3v) is 3.01. The predicted molar refractivity (Wildman–Crippen MR) is 64.1 cm³/mol. The summed E-state index contributed by atoms with van der Waals surface area (Å²) >= 11 is 0. The highest BCUT2D eigenvalue weighted by Gasteiger charge is 2.21. The minimum absolute atomic E-state index is 0.0376. The van der Waals surface area contributed by atoms with Crippen LogP contribution in [0.25, 0.3) is 0 Å². The van der Waals surface area contributed by atoms with Crippen molar-refractivity contribution in [1.29, 1.82) is 0 Å². The van der Waals surface area contributed by atoms with Crippen LogP contribution < -0.4 is 10.6 Å². The lowest BCUT2D eigenvalue weighted by Gasteiger charge is -2.11. The van der Waals surface area contributed by atoms with Crippen LogP contribution in [0.15, 0.2) is 18.2 Å². The number of carbonyl (C=O) groups excluding carboxylic acids is 1. The summed E-state index contributed by atoms with van der Waals surface area (Å²) < 4.78 is 25.8. The minimum Gasteiger partial charge on any atom is -0.354 e. The molecule has 3 nitrogen and oxygen atoms in total. The van der Waals surface area contributed by atoms with E-state index in [1.54, 1.807) is 0 Å². The first-order valence-corrected chi connectivity index (χ1v) is 6.11. The van der Waals surface area contributed by atoms with Crippen molar-refractivity contribution in [2.45, 2.75) is 25.3 Å². The number of halogens is 2. The lowest BCUT2D eigenvalue weighted by Crippen LogP contribution is -2.41. The van der Waals surface area contributed by atoms with Gasteiger partial charge in [0.05, 0.1) is 6.04 Å². The van der Waals surface area contributed by atoms with Crippen LogP contribution in [0.5, 0.6) is 0 Å². The normalized spacial score (nSPS) is 18.9. The molecule has 0 saturated carbocycles. The van der Waals surface area contributed by atoms with Gasteiger partial charge < -0.3 is 10.6 Å². The molecule has 1 heterocycles. The molecule has 0 aromatic heterocycles. The van der Waals surface area contributed by atoms with Gasteiger partial charge in [-0.1, -0.05) is 0 Å². The van der Waals surface area contributed by atoms with E-state index in [0.717, 1.165) is 25.5 Å². The maximum Gasteiger partial charge on any atom is 0.237 e. The van der Waals surface area contributed by atoms with E-state index in [0.29, 0.717) is 18.5 Å². The van der Waals surface area contributed by atoms with Gasteiger partial charge in [-0.2, -0.15) is 0 Å². The van der Waals surface area contributed by atoms with Gasteiger partial charge in [0, 0.05) is 12.6 Å². The zero-order valence-corrected chi connectivity index (χ0v) is 10.0. The Morgan fingerprint density at radius 1 is 1.33 bits per heavy atom. The smallest absolute Gasteiger partial charge is 0.237 e. The fraction of sp³-hybridized carbons (Fsp3) is 0.462. The molecule has 1 fully saturated rings. The van der Waals surface area contributed by atoms with E-state index >= 15 is 0 Å². The second-order valence-corrected chi connectivity index (χ2v) is 4.47. The monoisotopic (exact) mass is 254 g/mol. The van der Waals surface area contributed by atoms with Crippen LogP contribution in [0, 0.1) is 11.6 Å². The SMILES string of the molecule is O=C(NCCc1cc(F)cc(F)c1)[C@@H]1CCCN1. The molecule has 0 unspecified atom stereocenters. The van der Waals surface area contributed by atoms with Gasteiger partial charge in [0.1, 0.15) is 11.6 Å². The van der Waals surface area contributed by atoms with Crippen molar-refractivity contribution in [3.8, 4) is 0 Å². The Labute approximate surface area is 105 Å². The van der Waals surface area contributed by atoms with Gasteiger partial charge in [-0.05, 0) is 43.5 Å². The van der Waals surface area contributed by atoms with Gasteiger partial charge in [-0.25, -0.2) is 8.78 Å². The lowest BCUT2D eigenvalue weighted by atomic mass is 10.1. The van der Waals surface area contributed by atoms with Crippen LogP contribution in [0.4, 0.5) is 8.78 Å². The molecule has 0 spiro atoms. The van der Waals surface area contributed by atoms with Crippen molar-refractivity contribution in [3.63, 3.8) is 0 Å². The molecule has 0 radical (unpaired) electrons. The highest BCUT2D eigenvalue weighted by atomic mass is 19.1. The van der Waals surface area contributed by atoms with Gasteiger partial charge in [0.25, 0.3) is 0 Å². The molecule has 0 bridgehead atoms. The Bertz CT molecular complexity index is 411. The molecule has 1 aromatic carbocycles. The Hall–Kier alpha value is -1.49. The second kappa shape index (κ2) is 5.91. The molecule has 1 aliphatic rings. The number of nitrogens with one attached hydrogen (secondary N) is 2. The highest BCUT2D eigenvalue weighted by Crippen LogP contribution is 2.08. The van der Waals surface area contributed by atoms with Crippen molar-refractivity contribution in [2.24, 2.45) is 0 Å². The third kappa shape index (κ3) is 3.50. The quantitative estimate of drug-likeness (QED) is 0.852. The summed E-state index contributed by atoms with van der Waals surface area (Å²) in [6, 6.07) is 3.28. The molecule has 2 rings (SSSR count). The molecular weight excluding hydrogens is 238 g/mol. The van der Waals surface area contributed by atoms with Crippen LogP contribution in [0.1, 0.15) is 18.4 Å². The summed E-state index contributed by atoms with van der Waals surface area (Å²) in [6.45, 7) is 1.26. The number of benzene rings is 1. The summed E-state index contributed by atoms with van der Waals surface area (Å²) in [5, 5.41) is 5.86. The minimum atomic E-state index is -0.589. The van der Waals surface area contributed by atoms with E-state index in [-0.39, 0.29) is 11.9 Å². The molecular formula is C13H16F2N2O. The third-order valence-electron chi connectivity index (χ3n) is 3.01. The lowest BCUT2D eigenvalue weighted by molar-refractivity contribution is -0.122. The maximum absolute atomic E-state index is 12.9. The number of hydrogen-bond acceptors (Lipinski definition) is 2. The topological polar surface area (TPSA) is 41.1 Å². The fourth-order valence-corrected chi connectivity index (χ4v) is 2.12. The molecule has 98 valence electrons. The largest absolute Gasteiger partial charge is 0.354 e. The maximum atomic E-state index is 12.9. The molecule has 2 N–H and O–H groups in total. The molecule has 1 amide bonds. The van der Waals surface area contributed by atoms with E-state index in [1.807, 2.05) is 0 Å². The summed E-state index contributed by atoms with van der Waals surface area (Å²) in [5.74, 6) is -1.22. The molecule has 5 heteroatoms. The van der Waals surface area contributed by atoms with Gasteiger partial charge in [-0.3, -0.25) is 4.79 Å². The Kier molecular flexibility index (Phi) is 4.25. The van der Waals surface area contributed by atoms with E-state index in [4.69, 9.17) is 0 Å². The van der Waals surface area contributed by atoms with Crippen molar-refractivity contribution in [1.82, 2.24) is 10.6 Å². The first-order chi connectivity index (χ1) is 8.65. The summed E-state index contributed by atoms with van der Waals surface area (Å²) in [6.07, 6.45) is 2.28. The van der Waals surface area contributed by atoms with Gasteiger partial charge in [0.2, 0.25) is 5.91 Å².